The number of hydrogen-bond donors (Lipinski definition) is 2. The molecule has 1 saturated heterocycles. The molecule has 0 aromatic carbocycles. The fraction of sp³-hybridized carbons (Fsp3) is 0.529. The number of nitrogens with one attached hydrogen (secondary N) is 2. The molecular weight excluding hydrogens is 322 g/mol. The van der Waals surface area contributed by atoms with Gasteiger partial charge in [-0.2, -0.15) is 0 Å². The lowest BCUT2D eigenvalue weighted by atomic mass is 10.1. The van der Waals surface area contributed by atoms with Crippen molar-refractivity contribution < 1.29 is 14.4 Å². The lowest BCUT2D eigenvalue weighted by Crippen LogP contribution is -2.50. The lowest BCUT2D eigenvalue weighted by molar-refractivity contribution is -0.138. The summed E-state index contributed by atoms with van der Waals surface area (Å²) in [5, 5.41) is 5.51. The first-order chi connectivity index (χ1) is 12.0. The van der Waals surface area contributed by atoms with Crippen molar-refractivity contribution in [3.05, 3.63) is 30.1 Å². The van der Waals surface area contributed by atoms with Gasteiger partial charge in [0.15, 0.2) is 0 Å². The Labute approximate surface area is 147 Å². The number of rotatable bonds is 5. The molecule has 0 unspecified atom stereocenters. The number of pyridine rings is 1. The maximum atomic E-state index is 12.1. The van der Waals surface area contributed by atoms with Crippen molar-refractivity contribution >= 4 is 17.8 Å². The quantitative estimate of drug-likeness (QED) is 0.812. The molecule has 2 N–H and O–H groups in total. The van der Waals surface area contributed by atoms with Crippen LogP contribution in [-0.4, -0.2) is 65.4 Å². The molecule has 136 valence electrons. The van der Waals surface area contributed by atoms with Gasteiger partial charge in [-0.1, -0.05) is 6.07 Å². The summed E-state index contributed by atoms with van der Waals surface area (Å²) in [5.41, 5.74) is 0.914. The molecular formula is C17H25N5O3. The molecule has 1 atom stereocenters. The number of piperazine rings is 1. The molecule has 8 nitrogen and oxygen atoms in total. The van der Waals surface area contributed by atoms with Crippen LogP contribution in [0.15, 0.2) is 24.5 Å². The molecule has 1 fully saturated rings. The minimum atomic E-state index is -0.314. The number of amides is 4. The average Bonchev–Trinajstić information content (AvgIpc) is 2.62. The first kappa shape index (κ1) is 18.7. The molecule has 1 aromatic heterocycles. The van der Waals surface area contributed by atoms with Crippen LogP contribution in [0, 0.1) is 0 Å². The van der Waals surface area contributed by atoms with E-state index in [9.17, 15) is 14.4 Å². The van der Waals surface area contributed by atoms with Gasteiger partial charge in [-0.05, 0) is 18.6 Å². The molecule has 25 heavy (non-hydrogen) atoms. The molecule has 2 heterocycles. The standard InChI is InChI=1S/C17H25N5O3/c1-13(15-4-3-6-18-12-15)20-17(25)19-7-5-16(24)22-10-8-21(9-11-22)14(2)23/h3-4,6,12-13H,5,7-11H2,1-2H3,(H2,19,20,25)/t13-/m0/s1. The molecule has 8 heteroatoms. The molecule has 0 aliphatic carbocycles. The first-order valence-electron chi connectivity index (χ1n) is 8.45. The zero-order valence-corrected chi connectivity index (χ0v) is 14.7. The number of urea groups is 1. The molecule has 4 amide bonds. The van der Waals surface area contributed by atoms with Gasteiger partial charge in [0, 0.05) is 58.5 Å². The third-order valence-electron chi connectivity index (χ3n) is 4.23. The van der Waals surface area contributed by atoms with Crippen molar-refractivity contribution in [3.63, 3.8) is 0 Å². The summed E-state index contributed by atoms with van der Waals surface area (Å²) in [4.78, 5) is 42.8. The second kappa shape index (κ2) is 9.00. The van der Waals surface area contributed by atoms with Crippen molar-refractivity contribution in [1.29, 1.82) is 0 Å². The number of aromatic nitrogens is 1. The Morgan fingerprint density at radius 2 is 1.88 bits per heavy atom. The van der Waals surface area contributed by atoms with E-state index < -0.39 is 0 Å². The minimum absolute atomic E-state index is 0.0104. The Bertz CT molecular complexity index is 600. The topological polar surface area (TPSA) is 94.6 Å². The third kappa shape index (κ3) is 5.74. The predicted molar refractivity (Wildman–Crippen MR) is 92.6 cm³/mol. The van der Waals surface area contributed by atoms with Crippen LogP contribution in [0.3, 0.4) is 0 Å². The van der Waals surface area contributed by atoms with E-state index in [2.05, 4.69) is 15.6 Å². The predicted octanol–water partition coefficient (Wildman–Crippen LogP) is 0.523. The summed E-state index contributed by atoms with van der Waals surface area (Å²) in [7, 11) is 0. The summed E-state index contributed by atoms with van der Waals surface area (Å²) >= 11 is 0. The highest BCUT2D eigenvalue weighted by atomic mass is 16.2. The van der Waals surface area contributed by atoms with E-state index in [1.807, 2.05) is 19.1 Å². The zero-order chi connectivity index (χ0) is 18.2. The molecule has 0 bridgehead atoms. The van der Waals surface area contributed by atoms with Gasteiger partial charge in [0.05, 0.1) is 6.04 Å². The number of hydrogen-bond acceptors (Lipinski definition) is 4. The van der Waals surface area contributed by atoms with E-state index in [0.717, 1.165) is 5.56 Å². The Balaban J connectivity index is 1.66. The van der Waals surface area contributed by atoms with Crippen LogP contribution >= 0.6 is 0 Å². The Hall–Kier alpha value is -2.64. The van der Waals surface area contributed by atoms with E-state index in [0.29, 0.717) is 26.2 Å². The summed E-state index contributed by atoms with van der Waals surface area (Å²) in [6, 6.07) is 3.23. The average molecular weight is 347 g/mol. The highest BCUT2D eigenvalue weighted by Crippen LogP contribution is 2.09. The maximum Gasteiger partial charge on any atom is 0.315 e. The maximum absolute atomic E-state index is 12.1. The van der Waals surface area contributed by atoms with Crippen LogP contribution in [-0.2, 0) is 9.59 Å². The summed E-state index contributed by atoms with van der Waals surface area (Å²) in [6.07, 6.45) is 3.63. The van der Waals surface area contributed by atoms with Gasteiger partial charge < -0.3 is 20.4 Å². The normalized spacial score (nSPS) is 15.4. The summed E-state index contributed by atoms with van der Waals surface area (Å²) in [6.45, 7) is 5.90. The molecule has 0 saturated carbocycles. The van der Waals surface area contributed by atoms with Gasteiger partial charge in [-0.25, -0.2) is 4.79 Å². The van der Waals surface area contributed by atoms with Gasteiger partial charge >= 0.3 is 6.03 Å². The molecule has 0 radical (unpaired) electrons. The summed E-state index contributed by atoms with van der Waals surface area (Å²) in [5.74, 6) is 0.0250. The highest BCUT2D eigenvalue weighted by Gasteiger charge is 2.22. The van der Waals surface area contributed by atoms with Crippen LogP contribution in [0.1, 0.15) is 31.9 Å². The van der Waals surface area contributed by atoms with Crippen LogP contribution in [0.25, 0.3) is 0 Å². The number of carbonyl (C=O) groups is 3. The fourth-order valence-electron chi connectivity index (χ4n) is 2.67. The third-order valence-corrected chi connectivity index (χ3v) is 4.23. The van der Waals surface area contributed by atoms with E-state index in [1.165, 1.54) is 6.92 Å². The zero-order valence-electron chi connectivity index (χ0n) is 14.7. The second-order valence-electron chi connectivity index (χ2n) is 6.05. The van der Waals surface area contributed by atoms with E-state index in [4.69, 9.17) is 0 Å². The van der Waals surface area contributed by atoms with Crippen molar-refractivity contribution in [2.45, 2.75) is 26.3 Å². The number of carbonyl (C=O) groups excluding carboxylic acids is 3. The molecule has 1 aromatic rings. The Morgan fingerprint density at radius 1 is 1.20 bits per heavy atom. The molecule has 0 spiro atoms. The van der Waals surface area contributed by atoms with Gasteiger partial charge in [0.1, 0.15) is 0 Å². The molecule has 1 aliphatic heterocycles. The second-order valence-corrected chi connectivity index (χ2v) is 6.05. The van der Waals surface area contributed by atoms with Gasteiger partial charge in [0.25, 0.3) is 0 Å². The van der Waals surface area contributed by atoms with Crippen LogP contribution in [0.5, 0.6) is 0 Å². The number of nitrogens with zero attached hydrogens (tertiary/aromatic N) is 3. The van der Waals surface area contributed by atoms with Crippen molar-refractivity contribution in [1.82, 2.24) is 25.4 Å². The van der Waals surface area contributed by atoms with Crippen molar-refractivity contribution in [2.75, 3.05) is 32.7 Å². The monoisotopic (exact) mass is 347 g/mol. The Kier molecular flexibility index (Phi) is 6.73. The minimum Gasteiger partial charge on any atom is -0.339 e. The van der Waals surface area contributed by atoms with Crippen molar-refractivity contribution in [2.24, 2.45) is 0 Å². The van der Waals surface area contributed by atoms with Gasteiger partial charge in [-0.15, -0.1) is 0 Å². The summed E-state index contributed by atoms with van der Waals surface area (Å²) < 4.78 is 0. The first-order valence-corrected chi connectivity index (χ1v) is 8.45. The van der Waals surface area contributed by atoms with Crippen LogP contribution in [0.2, 0.25) is 0 Å². The highest BCUT2D eigenvalue weighted by molar-refractivity contribution is 5.79. The van der Waals surface area contributed by atoms with Gasteiger partial charge in [0.2, 0.25) is 11.8 Å². The lowest BCUT2D eigenvalue weighted by Gasteiger charge is -2.34. The van der Waals surface area contributed by atoms with Crippen LogP contribution < -0.4 is 10.6 Å². The molecule has 1 aliphatic rings. The van der Waals surface area contributed by atoms with E-state index in [1.54, 1.807) is 22.2 Å². The SMILES string of the molecule is CC(=O)N1CCN(C(=O)CCNC(=O)N[C@@H](C)c2cccnc2)CC1. The fourth-order valence-corrected chi connectivity index (χ4v) is 2.67. The largest absolute Gasteiger partial charge is 0.339 e. The molecule has 2 rings (SSSR count). The Morgan fingerprint density at radius 3 is 2.48 bits per heavy atom. The van der Waals surface area contributed by atoms with E-state index >= 15 is 0 Å². The smallest absolute Gasteiger partial charge is 0.315 e. The van der Waals surface area contributed by atoms with E-state index in [-0.39, 0.29) is 36.9 Å². The van der Waals surface area contributed by atoms with Crippen molar-refractivity contribution in [3.8, 4) is 0 Å². The van der Waals surface area contributed by atoms with Gasteiger partial charge in [-0.3, -0.25) is 14.6 Å². The van der Waals surface area contributed by atoms with Crippen LogP contribution in [0.4, 0.5) is 4.79 Å².